The molecule has 0 aliphatic carbocycles. The van der Waals surface area contributed by atoms with E-state index in [0.29, 0.717) is 18.7 Å². The zero-order valence-electron chi connectivity index (χ0n) is 11.5. The Morgan fingerprint density at radius 1 is 1.32 bits per heavy atom. The number of fused-ring (bicyclic) bond motifs is 1. The summed E-state index contributed by atoms with van der Waals surface area (Å²) in [6, 6.07) is 2.81. The Morgan fingerprint density at radius 2 is 2.05 bits per heavy atom. The van der Waals surface area contributed by atoms with Gasteiger partial charge >= 0.3 is 6.03 Å². The highest BCUT2D eigenvalue weighted by atomic mass is 19.1. The Bertz CT molecular complexity index is 717. The molecule has 114 valence electrons. The lowest BCUT2D eigenvalue weighted by Crippen LogP contribution is -2.39. The van der Waals surface area contributed by atoms with Crippen molar-refractivity contribution in [2.45, 2.75) is 13.0 Å². The van der Waals surface area contributed by atoms with Gasteiger partial charge in [-0.15, -0.1) is 0 Å². The number of urea groups is 1. The molecule has 0 radical (unpaired) electrons. The van der Waals surface area contributed by atoms with Crippen LogP contribution in [0.5, 0.6) is 0 Å². The summed E-state index contributed by atoms with van der Waals surface area (Å²) in [4.78, 5) is 21.6. The fourth-order valence-corrected chi connectivity index (χ4v) is 2.30. The number of hydrogen-bond donors (Lipinski definition) is 2. The predicted octanol–water partition coefficient (Wildman–Crippen LogP) is 1.93. The minimum atomic E-state index is -0.822. The van der Waals surface area contributed by atoms with Crippen molar-refractivity contribution in [1.82, 2.24) is 14.9 Å². The average molecular weight is 305 g/mol. The van der Waals surface area contributed by atoms with Gasteiger partial charge in [0, 0.05) is 12.7 Å². The van der Waals surface area contributed by atoms with E-state index in [1.807, 2.05) is 0 Å². The van der Waals surface area contributed by atoms with Crippen LogP contribution < -0.4 is 11.1 Å². The lowest BCUT2D eigenvalue weighted by Gasteiger charge is -2.28. The fraction of sp³-hybridized carbons (Fsp3) is 0.214. The third kappa shape index (κ3) is 2.67. The average Bonchev–Trinajstić information content (AvgIpc) is 2.50. The number of carbonyl (C=O) groups is 1. The number of benzene rings is 1. The quantitative estimate of drug-likeness (QED) is 0.843. The van der Waals surface area contributed by atoms with Gasteiger partial charge in [-0.05, 0) is 24.1 Å². The first kappa shape index (κ1) is 14.2. The lowest BCUT2D eigenvalue weighted by atomic mass is 10.1. The smallest absolute Gasteiger partial charge is 0.322 e. The maximum atomic E-state index is 13.6. The molecule has 3 rings (SSSR count). The maximum Gasteiger partial charge on any atom is 0.322 e. The summed E-state index contributed by atoms with van der Waals surface area (Å²) in [6.07, 6.45) is 2.19. The van der Waals surface area contributed by atoms with Crippen LogP contribution in [0.3, 0.4) is 0 Å². The molecule has 22 heavy (non-hydrogen) atoms. The van der Waals surface area contributed by atoms with Gasteiger partial charge in [-0.3, -0.25) is 0 Å². The zero-order valence-corrected chi connectivity index (χ0v) is 11.5. The molecule has 1 aromatic carbocycles. The van der Waals surface area contributed by atoms with E-state index in [2.05, 4.69) is 15.3 Å². The van der Waals surface area contributed by atoms with E-state index >= 15 is 0 Å². The van der Waals surface area contributed by atoms with Crippen molar-refractivity contribution in [1.29, 1.82) is 0 Å². The molecule has 2 amide bonds. The Labute approximate surface area is 125 Å². The van der Waals surface area contributed by atoms with Crippen LogP contribution in [0.1, 0.15) is 11.3 Å². The van der Waals surface area contributed by atoms with Crippen LogP contribution in [0.2, 0.25) is 0 Å². The minimum absolute atomic E-state index is 0.126. The summed E-state index contributed by atoms with van der Waals surface area (Å²) >= 11 is 0. The molecule has 1 aliphatic heterocycles. The summed E-state index contributed by atoms with van der Waals surface area (Å²) in [5, 5.41) is 2.26. The van der Waals surface area contributed by atoms with Gasteiger partial charge in [0.05, 0.1) is 12.2 Å². The molecule has 1 aliphatic rings. The summed E-state index contributed by atoms with van der Waals surface area (Å²) in [6.45, 7) is 0.617. The number of nitrogen functional groups attached to an aromatic ring is 1. The molecule has 0 saturated carbocycles. The van der Waals surface area contributed by atoms with Gasteiger partial charge in [0.2, 0.25) is 5.95 Å². The number of nitrogens with two attached hydrogens (primary N) is 1. The van der Waals surface area contributed by atoms with Crippen molar-refractivity contribution in [2.75, 3.05) is 17.6 Å². The van der Waals surface area contributed by atoms with Crippen molar-refractivity contribution in [3.05, 3.63) is 47.3 Å². The van der Waals surface area contributed by atoms with Gasteiger partial charge in [0.1, 0.15) is 17.3 Å². The summed E-state index contributed by atoms with van der Waals surface area (Å²) < 4.78 is 27.1. The molecule has 0 atom stereocenters. The maximum absolute atomic E-state index is 13.6. The van der Waals surface area contributed by atoms with Gasteiger partial charge in [-0.2, -0.15) is 0 Å². The normalized spacial score (nSPS) is 13.6. The van der Waals surface area contributed by atoms with Crippen molar-refractivity contribution in [2.24, 2.45) is 0 Å². The predicted molar refractivity (Wildman–Crippen MR) is 75.9 cm³/mol. The summed E-state index contributed by atoms with van der Waals surface area (Å²) in [7, 11) is 0. The third-order valence-electron chi connectivity index (χ3n) is 3.45. The summed E-state index contributed by atoms with van der Waals surface area (Å²) in [5.41, 5.74) is 6.62. The van der Waals surface area contributed by atoms with Gasteiger partial charge in [-0.1, -0.05) is 6.07 Å². The number of carbonyl (C=O) groups excluding carboxylic acids is 1. The van der Waals surface area contributed by atoms with Crippen LogP contribution in [0, 0.1) is 11.6 Å². The van der Waals surface area contributed by atoms with E-state index in [0.717, 1.165) is 17.7 Å². The molecule has 8 heteroatoms. The molecule has 2 heterocycles. The molecule has 0 fully saturated rings. The zero-order chi connectivity index (χ0) is 15.7. The van der Waals surface area contributed by atoms with Gasteiger partial charge in [0.25, 0.3) is 0 Å². The van der Waals surface area contributed by atoms with Gasteiger partial charge < -0.3 is 16.0 Å². The second-order valence-electron chi connectivity index (χ2n) is 4.90. The molecule has 0 spiro atoms. The van der Waals surface area contributed by atoms with E-state index in [-0.39, 0.29) is 12.5 Å². The Balaban J connectivity index is 1.77. The standard InChI is InChI=1S/C14H13F2N5O/c15-9-2-1-3-10(16)12(9)20-14(22)21-5-4-8-6-18-13(17)19-11(8)7-21/h1-3,6H,4-5,7H2,(H,20,22)(H2,17,18,19). The van der Waals surface area contributed by atoms with Gasteiger partial charge in [0.15, 0.2) is 0 Å². The van der Waals surface area contributed by atoms with Gasteiger partial charge in [-0.25, -0.2) is 23.5 Å². The van der Waals surface area contributed by atoms with Crippen LogP contribution in [0.4, 0.5) is 25.2 Å². The Morgan fingerprint density at radius 3 is 2.77 bits per heavy atom. The van der Waals surface area contributed by atoms with E-state index in [9.17, 15) is 13.6 Å². The van der Waals surface area contributed by atoms with Crippen molar-refractivity contribution in [3.8, 4) is 0 Å². The highest BCUT2D eigenvalue weighted by Gasteiger charge is 2.23. The molecule has 6 nitrogen and oxygen atoms in total. The largest absolute Gasteiger partial charge is 0.368 e. The van der Waals surface area contributed by atoms with Crippen LogP contribution in [0.25, 0.3) is 0 Å². The monoisotopic (exact) mass is 305 g/mol. The topological polar surface area (TPSA) is 84.1 Å². The molecule has 3 N–H and O–H groups in total. The van der Waals surface area contributed by atoms with Crippen molar-refractivity contribution >= 4 is 17.7 Å². The Kier molecular flexibility index (Phi) is 3.58. The van der Waals surface area contributed by atoms with Crippen LogP contribution in [0.15, 0.2) is 24.4 Å². The van der Waals surface area contributed by atoms with E-state index < -0.39 is 23.4 Å². The molecule has 1 aromatic heterocycles. The first-order chi connectivity index (χ1) is 10.5. The second-order valence-corrected chi connectivity index (χ2v) is 4.90. The van der Waals surface area contributed by atoms with Crippen LogP contribution in [-0.4, -0.2) is 27.4 Å². The van der Waals surface area contributed by atoms with Crippen molar-refractivity contribution in [3.63, 3.8) is 0 Å². The highest BCUT2D eigenvalue weighted by molar-refractivity contribution is 5.89. The molecular formula is C14H13F2N5O. The molecule has 0 bridgehead atoms. The fourth-order valence-electron chi connectivity index (χ4n) is 2.30. The van der Waals surface area contributed by atoms with E-state index in [1.165, 1.54) is 11.0 Å². The number of rotatable bonds is 1. The number of anilines is 2. The van der Waals surface area contributed by atoms with E-state index in [4.69, 9.17) is 5.73 Å². The number of amides is 2. The van der Waals surface area contributed by atoms with Crippen LogP contribution in [-0.2, 0) is 13.0 Å². The SMILES string of the molecule is Nc1ncc2c(n1)CN(C(=O)Nc1c(F)cccc1F)CC2. The number of para-hydroxylation sites is 1. The highest BCUT2D eigenvalue weighted by Crippen LogP contribution is 2.21. The minimum Gasteiger partial charge on any atom is -0.368 e. The Hall–Kier alpha value is -2.77. The molecular weight excluding hydrogens is 292 g/mol. The number of halogens is 2. The van der Waals surface area contributed by atoms with Crippen molar-refractivity contribution < 1.29 is 13.6 Å². The third-order valence-corrected chi connectivity index (χ3v) is 3.45. The second kappa shape index (κ2) is 5.55. The first-order valence-corrected chi connectivity index (χ1v) is 6.65. The van der Waals surface area contributed by atoms with Crippen LogP contribution >= 0.6 is 0 Å². The molecule has 2 aromatic rings. The number of aromatic nitrogens is 2. The van der Waals surface area contributed by atoms with E-state index in [1.54, 1.807) is 6.20 Å². The lowest BCUT2D eigenvalue weighted by molar-refractivity contribution is 0.205. The number of nitrogens with one attached hydrogen (secondary N) is 1. The molecule has 0 unspecified atom stereocenters. The number of hydrogen-bond acceptors (Lipinski definition) is 4. The molecule has 0 saturated heterocycles. The number of nitrogens with zero attached hydrogens (tertiary/aromatic N) is 3. The summed E-state index contributed by atoms with van der Waals surface area (Å²) in [5.74, 6) is -1.52. The first-order valence-electron chi connectivity index (χ1n) is 6.65.